The fraction of sp³-hybridized carbons (Fsp3) is 0.304. The lowest BCUT2D eigenvalue weighted by Gasteiger charge is -2.31. The van der Waals surface area contributed by atoms with Crippen molar-refractivity contribution in [1.82, 2.24) is 0 Å². The molecule has 0 saturated carbocycles. The van der Waals surface area contributed by atoms with Gasteiger partial charge in [-0.3, -0.25) is 0 Å². The molecule has 0 aromatic heterocycles. The minimum absolute atomic E-state index is 0.121. The van der Waals surface area contributed by atoms with E-state index >= 15 is 0 Å². The smallest absolute Gasteiger partial charge is 0.0338 e. The standard InChI is InChI=1S/C46H50S2/c1-45(2,3)35-21-15-31(16-22-35)13-19-33-29-41(47(7,8)9)39-28-26-38-34(20-14-32-17-23-36(24-18-32)46(4,5)6)30-42(48(10,11)12)40-27-25-37(33)43(39)44(38)40/h15-18,21-30H,1-12H3. The normalized spacial score (nSPS) is 13.3. The molecule has 0 aliphatic rings. The Balaban J connectivity index is 1.62. The summed E-state index contributed by atoms with van der Waals surface area (Å²) in [5.74, 6) is 14.4. The number of rotatable bonds is 2. The van der Waals surface area contributed by atoms with Crippen LogP contribution in [0, 0.1) is 23.7 Å². The summed E-state index contributed by atoms with van der Waals surface area (Å²) < 4.78 is 0. The molecular weight excluding hydrogens is 617 g/mol. The summed E-state index contributed by atoms with van der Waals surface area (Å²) in [5, 5.41) is 7.83. The van der Waals surface area contributed by atoms with E-state index in [0.717, 1.165) is 22.3 Å². The molecule has 0 N–H and O–H groups in total. The highest BCUT2D eigenvalue weighted by Gasteiger charge is 2.23. The largest absolute Gasteiger partial charge is 0.223 e. The zero-order chi connectivity index (χ0) is 34.8. The van der Waals surface area contributed by atoms with Crippen molar-refractivity contribution in [2.75, 3.05) is 37.5 Å². The lowest BCUT2D eigenvalue weighted by atomic mass is 9.86. The maximum Gasteiger partial charge on any atom is 0.0338 e. The average molecular weight is 667 g/mol. The van der Waals surface area contributed by atoms with Crippen molar-refractivity contribution in [2.24, 2.45) is 0 Å². The Labute approximate surface area is 292 Å². The molecule has 0 radical (unpaired) electrons. The highest BCUT2D eigenvalue weighted by molar-refractivity contribution is 8.32. The monoisotopic (exact) mass is 666 g/mol. The van der Waals surface area contributed by atoms with E-state index in [0.29, 0.717) is 0 Å². The maximum absolute atomic E-state index is 3.65. The second-order valence-electron chi connectivity index (χ2n) is 16.7. The van der Waals surface area contributed by atoms with Crippen LogP contribution in [0.1, 0.15) is 74.9 Å². The van der Waals surface area contributed by atoms with Gasteiger partial charge < -0.3 is 0 Å². The first-order valence-corrected chi connectivity index (χ1v) is 22.4. The Morgan fingerprint density at radius 3 is 1.00 bits per heavy atom. The first kappa shape index (κ1) is 34.1. The van der Waals surface area contributed by atoms with E-state index in [1.54, 1.807) is 0 Å². The molecule has 0 bridgehead atoms. The molecule has 0 spiro atoms. The van der Waals surface area contributed by atoms with E-state index in [1.807, 2.05) is 0 Å². The summed E-state index contributed by atoms with van der Waals surface area (Å²) in [7, 11) is -2.11. The Hall–Kier alpha value is -3.82. The molecule has 2 heteroatoms. The van der Waals surface area contributed by atoms with Gasteiger partial charge in [-0.2, -0.15) is 0 Å². The number of hydrogen-bond acceptors (Lipinski definition) is 0. The Bertz CT molecular complexity index is 2120. The third-order valence-electron chi connectivity index (χ3n) is 9.33. The molecule has 6 aromatic carbocycles. The van der Waals surface area contributed by atoms with Crippen LogP contribution in [0.5, 0.6) is 0 Å². The second kappa shape index (κ2) is 11.9. The summed E-state index contributed by atoms with van der Waals surface area (Å²) in [5.41, 5.74) is 7.20. The van der Waals surface area contributed by atoms with Crippen molar-refractivity contribution in [3.8, 4) is 23.7 Å². The minimum Gasteiger partial charge on any atom is -0.223 e. The van der Waals surface area contributed by atoms with Gasteiger partial charge in [-0.15, -0.1) is 0 Å². The maximum atomic E-state index is 3.65. The van der Waals surface area contributed by atoms with Gasteiger partial charge in [0.05, 0.1) is 0 Å². The van der Waals surface area contributed by atoms with Crippen LogP contribution >= 0.6 is 20.1 Å². The number of hydrogen-bond donors (Lipinski definition) is 0. The Morgan fingerprint density at radius 1 is 0.396 bits per heavy atom. The molecule has 0 amide bonds. The second-order valence-corrected chi connectivity index (χ2v) is 25.0. The summed E-state index contributed by atoms with van der Waals surface area (Å²) in [4.78, 5) is 2.83. The molecule has 48 heavy (non-hydrogen) atoms. The molecule has 246 valence electrons. The Kier molecular flexibility index (Phi) is 8.48. The van der Waals surface area contributed by atoms with Gasteiger partial charge in [0.15, 0.2) is 0 Å². The third-order valence-corrected chi connectivity index (χ3v) is 12.6. The van der Waals surface area contributed by atoms with Gasteiger partial charge in [-0.05, 0) is 138 Å². The average Bonchev–Trinajstić information content (AvgIpc) is 3.00. The zero-order valence-electron chi connectivity index (χ0n) is 30.9. The van der Waals surface area contributed by atoms with Crippen LogP contribution in [-0.4, -0.2) is 37.5 Å². The van der Waals surface area contributed by atoms with Gasteiger partial charge in [-0.1, -0.05) is 114 Å². The zero-order valence-corrected chi connectivity index (χ0v) is 32.5. The van der Waals surface area contributed by atoms with Crippen LogP contribution in [-0.2, 0) is 10.8 Å². The predicted molar refractivity (Wildman–Crippen MR) is 220 cm³/mol. The molecule has 0 heterocycles. The quantitative estimate of drug-likeness (QED) is 0.127. The third kappa shape index (κ3) is 6.59. The van der Waals surface area contributed by atoms with Gasteiger partial charge in [0.25, 0.3) is 0 Å². The van der Waals surface area contributed by atoms with Crippen molar-refractivity contribution in [3.63, 3.8) is 0 Å². The van der Waals surface area contributed by atoms with Crippen LogP contribution in [0.4, 0.5) is 0 Å². The predicted octanol–water partition coefficient (Wildman–Crippen LogP) is 12.1. The van der Waals surface area contributed by atoms with Crippen molar-refractivity contribution in [2.45, 2.75) is 62.2 Å². The van der Waals surface area contributed by atoms with Crippen LogP contribution in [0.25, 0.3) is 32.3 Å². The molecule has 0 unspecified atom stereocenters. The number of benzene rings is 6. The van der Waals surface area contributed by atoms with E-state index in [1.165, 1.54) is 53.2 Å². The molecule has 0 saturated heterocycles. The van der Waals surface area contributed by atoms with Gasteiger partial charge >= 0.3 is 0 Å². The summed E-state index contributed by atoms with van der Waals surface area (Å²) in [6.07, 6.45) is 14.4. The summed E-state index contributed by atoms with van der Waals surface area (Å²) in [6, 6.07) is 31.7. The molecule has 0 aliphatic heterocycles. The topological polar surface area (TPSA) is 0 Å². The fourth-order valence-corrected chi connectivity index (χ4v) is 9.14. The van der Waals surface area contributed by atoms with Crippen LogP contribution < -0.4 is 0 Å². The molecule has 0 atom stereocenters. The SMILES string of the molecule is CC(C)(C)c1ccc(C#Cc2cc(S(C)(C)C)c3ccc4c(C#Cc5ccc(C(C)(C)C)cc5)cc(S(C)(C)C)c5ccc2c3c45)cc1. The lowest BCUT2D eigenvalue weighted by Crippen LogP contribution is -2.10. The van der Waals surface area contributed by atoms with E-state index in [2.05, 4.69) is 188 Å². The summed E-state index contributed by atoms with van der Waals surface area (Å²) >= 11 is 0. The van der Waals surface area contributed by atoms with Gasteiger partial charge in [-0.25, -0.2) is 20.1 Å². The van der Waals surface area contributed by atoms with Crippen molar-refractivity contribution in [3.05, 3.63) is 118 Å². The van der Waals surface area contributed by atoms with Crippen molar-refractivity contribution < 1.29 is 0 Å². The van der Waals surface area contributed by atoms with Crippen molar-refractivity contribution >= 4 is 52.4 Å². The van der Waals surface area contributed by atoms with E-state index in [9.17, 15) is 0 Å². The van der Waals surface area contributed by atoms with Gasteiger partial charge in [0.2, 0.25) is 0 Å². The van der Waals surface area contributed by atoms with Crippen LogP contribution in [0.3, 0.4) is 0 Å². The molecule has 0 nitrogen and oxygen atoms in total. The first-order valence-electron chi connectivity index (χ1n) is 16.7. The van der Waals surface area contributed by atoms with Crippen LogP contribution in [0.15, 0.2) is 94.7 Å². The lowest BCUT2D eigenvalue weighted by molar-refractivity contribution is 0.590. The van der Waals surface area contributed by atoms with Crippen molar-refractivity contribution in [1.29, 1.82) is 0 Å². The molecule has 0 fully saturated rings. The highest BCUT2D eigenvalue weighted by Crippen LogP contribution is 2.55. The van der Waals surface area contributed by atoms with Crippen LogP contribution in [0.2, 0.25) is 0 Å². The summed E-state index contributed by atoms with van der Waals surface area (Å²) in [6.45, 7) is 13.5. The Morgan fingerprint density at radius 2 is 0.708 bits per heavy atom. The first-order chi connectivity index (χ1) is 22.3. The van der Waals surface area contributed by atoms with E-state index in [4.69, 9.17) is 0 Å². The molecule has 6 rings (SSSR count). The highest BCUT2D eigenvalue weighted by atomic mass is 32.3. The van der Waals surface area contributed by atoms with Gasteiger partial charge in [0, 0.05) is 22.3 Å². The molecule has 6 aromatic rings. The molecular formula is C46H50S2. The fourth-order valence-electron chi connectivity index (χ4n) is 6.53. The van der Waals surface area contributed by atoms with E-state index in [-0.39, 0.29) is 10.8 Å². The van der Waals surface area contributed by atoms with E-state index < -0.39 is 20.1 Å². The minimum atomic E-state index is -1.05. The molecule has 0 aliphatic carbocycles. The van der Waals surface area contributed by atoms with Gasteiger partial charge in [0.1, 0.15) is 0 Å².